The van der Waals surface area contributed by atoms with Gasteiger partial charge in [0.15, 0.2) is 11.8 Å². The van der Waals surface area contributed by atoms with Crippen molar-refractivity contribution in [3.63, 3.8) is 0 Å². The highest BCUT2D eigenvalue weighted by molar-refractivity contribution is 7.43. The summed E-state index contributed by atoms with van der Waals surface area (Å²) in [7, 11) is -0.678. The van der Waals surface area contributed by atoms with Crippen molar-refractivity contribution >= 4 is 14.6 Å². The normalized spacial score (nSPS) is 25.4. The zero-order chi connectivity index (χ0) is 36.4. The van der Waals surface area contributed by atoms with Crippen LogP contribution in [0.25, 0.3) is 11.1 Å². The maximum Gasteiger partial charge on any atom is 0.407 e. The van der Waals surface area contributed by atoms with Gasteiger partial charge in [0, 0.05) is 50.5 Å². The number of benzene rings is 2. The van der Waals surface area contributed by atoms with Gasteiger partial charge < -0.3 is 34.1 Å². The number of hydrazine groups is 1. The largest absolute Gasteiger partial charge is 0.449 e. The Morgan fingerprint density at radius 1 is 1.06 bits per heavy atom. The van der Waals surface area contributed by atoms with E-state index in [0.29, 0.717) is 13.0 Å². The van der Waals surface area contributed by atoms with Crippen molar-refractivity contribution in [1.29, 1.82) is 0 Å². The lowest BCUT2D eigenvalue weighted by Crippen LogP contribution is -2.59. The zero-order valence-electron chi connectivity index (χ0n) is 29.6. The molecule has 4 N–H and O–H groups in total. The van der Waals surface area contributed by atoms with E-state index >= 15 is 0 Å². The van der Waals surface area contributed by atoms with Crippen molar-refractivity contribution in [1.82, 2.24) is 24.7 Å². The number of aromatic nitrogens is 2. The number of aliphatic hydroxyl groups is 1. The number of hydrogen-bond donors (Lipinski definition) is 4. The summed E-state index contributed by atoms with van der Waals surface area (Å²) in [6.45, 7) is 8.21. The fourth-order valence-electron chi connectivity index (χ4n) is 7.80. The van der Waals surface area contributed by atoms with Crippen LogP contribution in [-0.4, -0.2) is 98.2 Å². The van der Waals surface area contributed by atoms with Crippen molar-refractivity contribution in [2.75, 3.05) is 26.8 Å². The molecule has 2 aliphatic heterocycles. The monoisotopic (exact) mass is 725 g/mol. The minimum absolute atomic E-state index is 0.00893. The lowest BCUT2D eigenvalue weighted by molar-refractivity contribution is -0.196. The molecule has 6 rings (SSSR count). The number of H-pyrrole nitrogens is 1. The maximum atomic E-state index is 13.3. The summed E-state index contributed by atoms with van der Waals surface area (Å²) < 4.78 is 27.3. The molecule has 1 aliphatic carbocycles. The van der Waals surface area contributed by atoms with Gasteiger partial charge in [-0.15, -0.1) is 0 Å². The number of ether oxygens (including phenoxy) is 3. The first-order valence-corrected chi connectivity index (χ1v) is 18.7. The van der Waals surface area contributed by atoms with E-state index in [2.05, 4.69) is 22.4 Å². The molecule has 1 amide bonds. The van der Waals surface area contributed by atoms with Gasteiger partial charge in [-0.2, -0.15) is 4.78 Å². The lowest BCUT2D eigenvalue weighted by Gasteiger charge is -2.44. The van der Waals surface area contributed by atoms with Gasteiger partial charge in [-0.25, -0.2) is 14.6 Å². The molecule has 6 atom stereocenters. The van der Waals surface area contributed by atoms with Crippen molar-refractivity contribution in [2.24, 2.45) is 0 Å². The third-order valence-electron chi connectivity index (χ3n) is 9.93. The van der Waals surface area contributed by atoms with Gasteiger partial charge in [-0.05, 0) is 69.2 Å². The molecule has 3 aromatic rings. The number of aromatic amines is 1. The smallest absolute Gasteiger partial charge is 0.407 e. The minimum atomic E-state index is -2.38. The Morgan fingerprint density at radius 3 is 2.29 bits per heavy atom. The van der Waals surface area contributed by atoms with Gasteiger partial charge in [0.05, 0.1) is 6.10 Å². The molecular weight excluding hydrogens is 677 g/mol. The third-order valence-corrected chi connectivity index (χ3v) is 11.0. The van der Waals surface area contributed by atoms with E-state index < -0.39 is 56.0 Å². The summed E-state index contributed by atoms with van der Waals surface area (Å²) >= 11 is 0. The predicted octanol–water partition coefficient (Wildman–Crippen LogP) is 3.84. The molecule has 0 bridgehead atoms. The summed E-state index contributed by atoms with van der Waals surface area (Å²) in [5.74, 6) is -0.148. The zero-order valence-corrected chi connectivity index (χ0v) is 30.5. The van der Waals surface area contributed by atoms with Gasteiger partial charge in [0.25, 0.3) is 14.1 Å². The second kappa shape index (κ2) is 15.6. The van der Waals surface area contributed by atoms with Crippen LogP contribution in [0.3, 0.4) is 0 Å². The topological polar surface area (TPSA) is 168 Å². The molecule has 0 radical (unpaired) electrons. The van der Waals surface area contributed by atoms with Crippen LogP contribution in [0.4, 0.5) is 4.79 Å². The van der Waals surface area contributed by atoms with Crippen LogP contribution in [0.1, 0.15) is 70.2 Å². The summed E-state index contributed by atoms with van der Waals surface area (Å²) in [5, 5.41) is 17.4. The quantitative estimate of drug-likeness (QED) is 0.158. The molecule has 3 heterocycles. The third kappa shape index (κ3) is 7.42. The van der Waals surface area contributed by atoms with Gasteiger partial charge in [0.1, 0.15) is 18.8 Å². The molecule has 15 heteroatoms. The van der Waals surface area contributed by atoms with Gasteiger partial charge in [0.2, 0.25) is 0 Å². The Hall–Kier alpha value is -3.46. The number of carbonyl (C=O) groups excluding carboxylic acids is 1. The fourth-order valence-corrected chi connectivity index (χ4v) is 9.03. The number of amides is 1. The van der Waals surface area contributed by atoms with E-state index in [1.165, 1.54) is 6.20 Å². The van der Waals surface area contributed by atoms with Crippen LogP contribution in [0.15, 0.2) is 70.4 Å². The van der Waals surface area contributed by atoms with Crippen LogP contribution < -0.4 is 16.6 Å². The average Bonchev–Trinajstić information content (AvgIpc) is 3.58. The standard InChI is InChI=1S/C36H48N5O9P/c1-22(2)41(23(3)4)39(5)51(46)50-32-29(49-33(40-18-17-31(42)38-34(40)43)36(32,45)30-16-10-11-19-47-30)20-37-35(44)48-21-28-26-14-8-6-12-24(26)25-13-7-9-15-27(25)28/h6-9,12-15,17-18,22-23,28-30,32-33,45-46H,10-11,16,19-21H2,1-5H3,(H,37,44)(H,38,42,43)/t29-,30?,32-,33-,36-,51?/m1/s1. The molecule has 2 fully saturated rings. The summed E-state index contributed by atoms with van der Waals surface area (Å²) in [5.41, 5.74) is 0.906. The second-order valence-corrected chi connectivity index (χ2v) is 15.1. The first-order valence-electron chi connectivity index (χ1n) is 17.5. The van der Waals surface area contributed by atoms with Gasteiger partial charge >= 0.3 is 11.8 Å². The average molecular weight is 726 g/mol. The van der Waals surface area contributed by atoms with E-state index in [-0.39, 0.29) is 31.2 Å². The number of carbonyl (C=O) groups is 1. The van der Waals surface area contributed by atoms with Crippen molar-refractivity contribution < 1.29 is 33.5 Å². The molecule has 0 spiro atoms. The molecule has 3 aliphatic rings. The van der Waals surface area contributed by atoms with Gasteiger partial charge in [-0.1, -0.05) is 48.5 Å². The predicted molar refractivity (Wildman–Crippen MR) is 191 cm³/mol. The number of nitrogens with one attached hydrogen (secondary N) is 2. The highest BCUT2D eigenvalue weighted by Gasteiger charge is 2.63. The molecule has 276 valence electrons. The second-order valence-electron chi connectivity index (χ2n) is 13.8. The lowest BCUT2D eigenvalue weighted by atomic mass is 9.84. The molecule has 2 aromatic carbocycles. The number of nitrogens with zero attached hydrogens (tertiary/aromatic N) is 3. The van der Waals surface area contributed by atoms with Gasteiger partial charge in [-0.3, -0.25) is 14.3 Å². The van der Waals surface area contributed by atoms with E-state index in [1.54, 1.807) is 11.8 Å². The van der Waals surface area contributed by atoms with Crippen molar-refractivity contribution in [3.8, 4) is 11.1 Å². The molecule has 0 saturated carbocycles. The molecule has 14 nitrogen and oxygen atoms in total. The Kier molecular flexibility index (Phi) is 11.4. The van der Waals surface area contributed by atoms with E-state index in [1.807, 2.05) is 69.1 Å². The number of alkyl carbamates (subject to hydrolysis) is 1. The Balaban J connectivity index is 1.26. The van der Waals surface area contributed by atoms with Crippen LogP contribution in [0.2, 0.25) is 0 Å². The van der Waals surface area contributed by atoms with Crippen LogP contribution in [-0.2, 0) is 18.7 Å². The van der Waals surface area contributed by atoms with Crippen LogP contribution in [0, 0.1) is 0 Å². The number of hydrogen-bond acceptors (Lipinski definition) is 11. The highest BCUT2D eigenvalue weighted by Crippen LogP contribution is 2.51. The minimum Gasteiger partial charge on any atom is -0.449 e. The number of rotatable bonds is 12. The van der Waals surface area contributed by atoms with E-state index in [9.17, 15) is 24.4 Å². The molecule has 2 saturated heterocycles. The van der Waals surface area contributed by atoms with E-state index in [4.69, 9.17) is 18.7 Å². The van der Waals surface area contributed by atoms with Crippen LogP contribution in [0.5, 0.6) is 0 Å². The number of fused-ring (bicyclic) bond motifs is 3. The van der Waals surface area contributed by atoms with Crippen molar-refractivity contribution in [3.05, 3.63) is 92.8 Å². The summed E-state index contributed by atoms with van der Waals surface area (Å²) in [6.07, 6.45) is -2.17. The van der Waals surface area contributed by atoms with E-state index in [0.717, 1.165) is 45.7 Å². The first-order chi connectivity index (χ1) is 24.4. The molecular formula is C36H48N5O9P. The Morgan fingerprint density at radius 2 is 1.71 bits per heavy atom. The molecule has 2 unspecified atom stereocenters. The van der Waals surface area contributed by atoms with Crippen molar-refractivity contribution in [2.45, 2.75) is 95.1 Å². The fraction of sp³-hybridized carbons (Fsp3) is 0.528. The Bertz CT molecular complexity index is 1740. The summed E-state index contributed by atoms with van der Waals surface area (Å²) in [6, 6.07) is 17.3. The maximum absolute atomic E-state index is 13.3. The highest BCUT2D eigenvalue weighted by atomic mass is 31.2. The van der Waals surface area contributed by atoms with Crippen LogP contribution >= 0.6 is 8.53 Å². The SMILES string of the molecule is CC(C)N(C(C)C)N(C)P(O)O[C@@H]1[C@@H](CNC(=O)OCC2c3ccccc3-c3ccccc32)O[C@@H](n2ccc(=O)[nH]c2=O)[C@@]1(O)C1CCCCO1. The first kappa shape index (κ1) is 37.3. The molecule has 1 aromatic heterocycles. The Labute approximate surface area is 298 Å². The molecule has 51 heavy (non-hydrogen) atoms. The summed E-state index contributed by atoms with van der Waals surface area (Å²) in [4.78, 5) is 52.2.